The summed E-state index contributed by atoms with van der Waals surface area (Å²) in [5.41, 5.74) is 5.95. The van der Waals surface area contributed by atoms with Gasteiger partial charge in [-0.15, -0.1) is 0 Å². The standard InChI is InChI=1S/C16H22N2O3/c1-11(13(17)12-7-4-3-5-8-12)14(19)18-10-6-9-16(18,2)15(20)21/h3-5,7-8,11,13H,6,9-10,17H2,1-2H3,(H,20,21). The van der Waals surface area contributed by atoms with Crippen molar-refractivity contribution >= 4 is 11.9 Å². The minimum absolute atomic E-state index is 0.186. The van der Waals surface area contributed by atoms with Gasteiger partial charge in [-0.25, -0.2) is 4.79 Å². The molecule has 5 nitrogen and oxygen atoms in total. The van der Waals surface area contributed by atoms with E-state index in [0.29, 0.717) is 19.4 Å². The molecule has 21 heavy (non-hydrogen) atoms. The molecule has 0 aromatic heterocycles. The van der Waals surface area contributed by atoms with Gasteiger partial charge in [-0.2, -0.15) is 0 Å². The van der Waals surface area contributed by atoms with Crippen LogP contribution in [0.1, 0.15) is 38.3 Å². The summed E-state index contributed by atoms with van der Waals surface area (Å²) in [6.45, 7) is 3.86. The highest BCUT2D eigenvalue weighted by Crippen LogP contribution is 2.32. The van der Waals surface area contributed by atoms with Gasteiger partial charge in [-0.05, 0) is 25.3 Å². The van der Waals surface area contributed by atoms with Gasteiger partial charge in [0.25, 0.3) is 0 Å². The molecule has 1 aromatic carbocycles. The molecular formula is C16H22N2O3. The first-order valence-electron chi connectivity index (χ1n) is 7.23. The maximum atomic E-state index is 12.7. The Bertz CT molecular complexity index is 532. The summed E-state index contributed by atoms with van der Waals surface area (Å²) in [6, 6.07) is 8.99. The number of hydrogen-bond donors (Lipinski definition) is 2. The van der Waals surface area contributed by atoms with E-state index in [1.165, 1.54) is 4.90 Å². The molecule has 114 valence electrons. The van der Waals surface area contributed by atoms with E-state index in [9.17, 15) is 14.7 Å². The van der Waals surface area contributed by atoms with Gasteiger partial charge in [0.15, 0.2) is 0 Å². The summed E-state index contributed by atoms with van der Waals surface area (Å²) in [4.78, 5) is 25.6. The molecule has 1 amide bonds. The molecule has 1 aliphatic heterocycles. The number of carbonyl (C=O) groups excluding carboxylic acids is 1. The number of benzene rings is 1. The molecule has 3 unspecified atom stereocenters. The maximum absolute atomic E-state index is 12.7. The fraction of sp³-hybridized carbons (Fsp3) is 0.500. The molecule has 1 aliphatic rings. The van der Waals surface area contributed by atoms with E-state index in [2.05, 4.69) is 0 Å². The minimum Gasteiger partial charge on any atom is -0.480 e. The lowest BCUT2D eigenvalue weighted by Gasteiger charge is -2.34. The van der Waals surface area contributed by atoms with Gasteiger partial charge in [0.1, 0.15) is 5.54 Å². The van der Waals surface area contributed by atoms with E-state index in [1.54, 1.807) is 13.8 Å². The minimum atomic E-state index is -1.11. The van der Waals surface area contributed by atoms with Gasteiger partial charge in [0.05, 0.1) is 5.92 Å². The normalized spacial score (nSPS) is 24.6. The molecule has 0 bridgehead atoms. The Morgan fingerprint density at radius 2 is 1.95 bits per heavy atom. The zero-order valence-electron chi connectivity index (χ0n) is 12.5. The zero-order valence-corrected chi connectivity index (χ0v) is 12.5. The lowest BCUT2D eigenvalue weighted by Crippen LogP contribution is -2.53. The number of carbonyl (C=O) groups is 2. The second kappa shape index (κ2) is 5.85. The largest absolute Gasteiger partial charge is 0.480 e. The van der Waals surface area contributed by atoms with E-state index in [4.69, 9.17) is 5.73 Å². The molecule has 2 rings (SSSR count). The third kappa shape index (κ3) is 2.78. The van der Waals surface area contributed by atoms with Crippen LogP contribution < -0.4 is 5.73 Å². The van der Waals surface area contributed by atoms with Gasteiger partial charge in [-0.1, -0.05) is 37.3 Å². The predicted octanol–water partition coefficient (Wildman–Crippen LogP) is 1.79. The first-order valence-corrected chi connectivity index (χ1v) is 7.23. The molecule has 5 heteroatoms. The summed E-state index contributed by atoms with van der Waals surface area (Å²) >= 11 is 0. The van der Waals surface area contributed by atoms with Gasteiger partial charge in [-0.3, -0.25) is 4.79 Å². The summed E-state index contributed by atoms with van der Waals surface area (Å²) in [5, 5.41) is 9.40. The van der Waals surface area contributed by atoms with Crippen molar-refractivity contribution in [2.75, 3.05) is 6.54 Å². The molecular weight excluding hydrogens is 268 g/mol. The van der Waals surface area contributed by atoms with Crippen LogP contribution in [-0.2, 0) is 9.59 Å². The molecule has 0 aliphatic carbocycles. The van der Waals surface area contributed by atoms with Crippen LogP contribution in [-0.4, -0.2) is 34.0 Å². The van der Waals surface area contributed by atoms with E-state index >= 15 is 0 Å². The number of rotatable bonds is 4. The summed E-state index contributed by atoms with van der Waals surface area (Å²) < 4.78 is 0. The van der Waals surface area contributed by atoms with Crippen molar-refractivity contribution in [3.63, 3.8) is 0 Å². The summed E-state index contributed by atoms with van der Waals surface area (Å²) in [6.07, 6.45) is 1.20. The molecule has 1 saturated heterocycles. The Morgan fingerprint density at radius 1 is 1.33 bits per heavy atom. The monoisotopic (exact) mass is 290 g/mol. The number of nitrogens with two attached hydrogens (primary N) is 1. The van der Waals surface area contributed by atoms with Crippen LogP contribution in [0.2, 0.25) is 0 Å². The first kappa shape index (κ1) is 15.5. The smallest absolute Gasteiger partial charge is 0.329 e. The predicted molar refractivity (Wildman–Crippen MR) is 79.5 cm³/mol. The summed E-state index contributed by atoms with van der Waals surface area (Å²) in [7, 11) is 0. The SMILES string of the molecule is CC(C(=O)N1CCCC1(C)C(=O)O)C(N)c1ccccc1. The lowest BCUT2D eigenvalue weighted by atomic mass is 9.92. The highest BCUT2D eigenvalue weighted by molar-refractivity contribution is 5.88. The van der Waals surface area contributed by atoms with Gasteiger partial charge < -0.3 is 15.7 Å². The molecule has 1 fully saturated rings. The van der Waals surface area contributed by atoms with E-state index < -0.39 is 23.5 Å². The average molecular weight is 290 g/mol. The molecule has 0 spiro atoms. The first-order chi connectivity index (χ1) is 9.88. The molecule has 0 saturated carbocycles. The van der Waals surface area contributed by atoms with Crippen LogP contribution in [0.5, 0.6) is 0 Å². The van der Waals surface area contributed by atoms with Crippen molar-refractivity contribution < 1.29 is 14.7 Å². The quantitative estimate of drug-likeness (QED) is 0.885. The number of hydrogen-bond acceptors (Lipinski definition) is 3. The lowest BCUT2D eigenvalue weighted by molar-refractivity contribution is -0.157. The van der Waals surface area contributed by atoms with Crippen molar-refractivity contribution in [3.05, 3.63) is 35.9 Å². The number of carboxylic acids is 1. The highest BCUT2D eigenvalue weighted by Gasteiger charge is 2.47. The van der Waals surface area contributed by atoms with Crippen LogP contribution in [0, 0.1) is 5.92 Å². The second-order valence-electron chi connectivity index (χ2n) is 5.90. The van der Waals surface area contributed by atoms with E-state index in [-0.39, 0.29) is 5.91 Å². The number of aliphatic carboxylic acids is 1. The highest BCUT2D eigenvalue weighted by atomic mass is 16.4. The third-order valence-corrected chi connectivity index (χ3v) is 4.48. The van der Waals surface area contributed by atoms with Crippen LogP contribution >= 0.6 is 0 Å². The number of nitrogens with zero attached hydrogens (tertiary/aromatic N) is 1. The van der Waals surface area contributed by atoms with Crippen LogP contribution in [0.15, 0.2) is 30.3 Å². The Labute approximate surface area is 124 Å². The van der Waals surface area contributed by atoms with Crippen LogP contribution in [0.4, 0.5) is 0 Å². The van der Waals surface area contributed by atoms with Crippen molar-refractivity contribution in [2.45, 2.75) is 38.3 Å². The van der Waals surface area contributed by atoms with E-state index in [1.807, 2.05) is 30.3 Å². The Balaban J connectivity index is 2.18. The molecule has 1 heterocycles. The van der Waals surface area contributed by atoms with Crippen molar-refractivity contribution in [1.29, 1.82) is 0 Å². The number of carboxylic acid groups (broad SMARTS) is 1. The molecule has 3 N–H and O–H groups in total. The van der Waals surface area contributed by atoms with Crippen LogP contribution in [0.3, 0.4) is 0 Å². The van der Waals surface area contributed by atoms with Crippen LogP contribution in [0.25, 0.3) is 0 Å². The third-order valence-electron chi connectivity index (χ3n) is 4.48. The van der Waals surface area contributed by atoms with Crippen molar-refractivity contribution in [2.24, 2.45) is 11.7 Å². The zero-order chi connectivity index (χ0) is 15.6. The van der Waals surface area contributed by atoms with Crippen molar-refractivity contribution in [3.8, 4) is 0 Å². The fourth-order valence-corrected chi connectivity index (χ4v) is 2.90. The average Bonchev–Trinajstić information content (AvgIpc) is 2.89. The van der Waals surface area contributed by atoms with Crippen molar-refractivity contribution in [1.82, 2.24) is 4.90 Å². The van der Waals surface area contributed by atoms with Gasteiger partial charge in [0, 0.05) is 12.6 Å². The van der Waals surface area contributed by atoms with E-state index in [0.717, 1.165) is 5.56 Å². The Hall–Kier alpha value is -1.88. The van der Waals surface area contributed by atoms with Gasteiger partial charge >= 0.3 is 5.97 Å². The maximum Gasteiger partial charge on any atom is 0.329 e. The fourth-order valence-electron chi connectivity index (χ4n) is 2.90. The second-order valence-corrected chi connectivity index (χ2v) is 5.90. The topological polar surface area (TPSA) is 83.6 Å². The Kier molecular flexibility index (Phi) is 4.32. The molecule has 1 aromatic rings. The van der Waals surface area contributed by atoms with Gasteiger partial charge in [0.2, 0.25) is 5.91 Å². The molecule has 3 atom stereocenters. The number of amides is 1. The Morgan fingerprint density at radius 3 is 2.52 bits per heavy atom. The number of likely N-dealkylation sites (tertiary alicyclic amines) is 1. The molecule has 0 radical (unpaired) electrons. The summed E-state index contributed by atoms with van der Waals surface area (Å²) in [5.74, 6) is -1.59.